The Morgan fingerprint density at radius 3 is 0.768 bits per heavy atom. The van der Waals surface area contributed by atoms with Crippen LogP contribution in [0.1, 0.15) is 414 Å². The van der Waals surface area contributed by atoms with E-state index in [1.807, 2.05) is 0 Å². The monoisotopic (exact) mass is 1450 g/mol. The van der Waals surface area contributed by atoms with Gasteiger partial charge in [0, 0.05) is 25.7 Å². The first-order valence-electron chi connectivity index (χ1n) is 41.4. The van der Waals surface area contributed by atoms with Crippen LogP contribution in [0.15, 0.2) is 0 Å². The van der Waals surface area contributed by atoms with E-state index in [0.29, 0.717) is 25.7 Å². The standard InChI is InChI=1S/C80H156O17P2/c1-8-10-11-12-13-14-15-16-17-18-19-20-21-22-25-29-35-40-49-56-63-79(84)96-75(67-90-77(82)61-54-47-39-34-28-26-23-24-27-32-37-44-51-58-71(3)4)69-94-98(86,87)92-65-74(81)66-93-99(88,89)95-70-76(68-91-78(83)62-55-48-43-42-46-53-60-73(7)9-2)97-80(85)64-57-50-41-36-31-30-33-38-45-52-59-72(5)6/h71-76,81H,8-70H2,1-7H3,(H,86,87)(H,88,89)/t73?,74-,75-,76-/m1/s1. The van der Waals surface area contributed by atoms with Gasteiger partial charge in [-0.05, 0) is 43.4 Å². The van der Waals surface area contributed by atoms with Gasteiger partial charge >= 0.3 is 39.5 Å². The van der Waals surface area contributed by atoms with Crippen molar-refractivity contribution in [3.05, 3.63) is 0 Å². The van der Waals surface area contributed by atoms with Crippen molar-refractivity contribution in [1.82, 2.24) is 0 Å². The van der Waals surface area contributed by atoms with Crippen LogP contribution in [0.4, 0.5) is 0 Å². The molecule has 0 aliphatic carbocycles. The molecule has 0 aliphatic heterocycles. The van der Waals surface area contributed by atoms with Crippen LogP contribution in [0.25, 0.3) is 0 Å². The summed E-state index contributed by atoms with van der Waals surface area (Å²) in [5, 5.41) is 10.6. The van der Waals surface area contributed by atoms with E-state index in [9.17, 15) is 43.2 Å². The van der Waals surface area contributed by atoms with Crippen molar-refractivity contribution in [2.24, 2.45) is 17.8 Å². The highest BCUT2D eigenvalue weighted by Crippen LogP contribution is 2.45. The molecule has 19 heteroatoms. The smallest absolute Gasteiger partial charge is 0.462 e. The SMILES string of the molecule is CCCCCCCCCCCCCCCCCCCCCCC(=O)O[C@H](COC(=O)CCCCCCCCCCCCCCCC(C)C)COP(=O)(O)OC[C@@H](O)COP(=O)(O)OC[C@@H](COC(=O)CCCCCCCCC(C)CC)OC(=O)CCCCCCCCCCCCC(C)C. The Kier molecular flexibility index (Phi) is 69.0. The fourth-order valence-corrected chi connectivity index (χ4v) is 13.9. The van der Waals surface area contributed by atoms with Crippen LogP contribution in [0.5, 0.6) is 0 Å². The van der Waals surface area contributed by atoms with E-state index in [1.165, 1.54) is 218 Å². The molecule has 0 fully saturated rings. The minimum atomic E-state index is -4.96. The summed E-state index contributed by atoms with van der Waals surface area (Å²) in [4.78, 5) is 73.0. The zero-order valence-corrected chi connectivity index (χ0v) is 66.8. The lowest BCUT2D eigenvalue weighted by atomic mass is 10.00. The molecular formula is C80H156O17P2. The number of carbonyl (C=O) groups is 4. The van der Waals surface area contributed by atoms with Crippen LogP contribution < -0.4 is 0 Å². The summed E-state index contributed by atoms with van der Waals surface area (Å²) in [6, 6.07) is 0. The molecule has 0 heterocycles. The highest BCUT2D eigenvalue weighted by molar-refractivity contribution is 7.47. The third-order valence-electron chi connectivity index (χ3n) is 19.0. The maximum absolute atomic E-state index is 13.1. The second-order valence-electron chi connectivity index (χ2n) is 30.0. The van der Waals surface area contributed by atoms with E-state index in [1.54, 1.807) is 0 Å². The predicted octanol–water partition coefficient (Wildman–Crippen LogP) is 23.7. The zero-order valence-electron chi connectivity index (χ0n) is 65.0. The van der Waals surface area contributed by atoms with Crippen molar-refractivity contribution in [1.29, 1.82) is 0 Å². The lowest BCUT2D eigenvalue weighted by molar-refractivity contribution is -0.161. The highest BCUT2D eigenvalue weighted by atomic mass is 31.2. The van der Waals surface area contributed by atoms with Gasteiger partial charge in [-0.3, -0.25) is 37.3 Å². The molecule has 99 heavy (non-hydrogen) atoms. The molecule has 0 saturated heterocycles. The molecule has 17 nitrogen and oxygen atoms in total. The van der Waals surface area contributed by atoms with Gasteiger partial charge in [-0.1, -0.05) is 363 Å². The average molecular weight is 1450 g/mol. The predicted molar refractivity (Wildman–Crippen MR) is 405 cm³/mol. The number of phosphoric ester groups is 2. The average Bonchev–Trinajstić information content (AvgIpc) is 1.07. The molecule has 0 amide bonds. The van der Waals surface area contributed by atoms with Gasteiger partial charge in [-0.2, -0.15) is 0 Å². The van der Waals surface area contributed by atoms with Crippen LogP contribution in [0.2, 0.25) is 0 Å². The van der Waals surface area contributed by atoms with Gasteiger partial charge in [-0.25, -0.2) is 9.13 Å². The molecule has 0 bridgehead atoms. The zero-order chi connectivity index (χ0) is 73.0. The third-order valence-corrected chi connectivity index (χ3v) is 20.9. The lowest BCUT2D eigenvalue weighted by Gasteiger charge is -2.21. The summed E-state index contributed by atoms with van der Waals surface area (Å²) in [5.74, 6) is 0.160. The molecule has 0 saturated carbocycles. The maximum atomic E-state index is 13.1. The maximum Gasteiger partial charge on any atom is 0.472 e. The minimum Gasteiger partial charge on any atom is -0.462 e. The molecule has 0 aromatic heterocycles. The first-order chi connectivity index (χ1) is 47.8. The molecule has 0 rings (SSSR count). The van der Waals surface area contributed by atoms with Gasteiger partial charge < -0.3 is 33.8 Å². The molecule has 588 valence electrons. The Morgan fingerprint density at radius 1 is 0.293 bits per heavy atom. The van der Waals surface area contributed by atoms with Gasteiger partial charge in [0.15, 0.2) is 12.2 Å². The summed E-state index contributed by atoms with van der Waals surface area (Å²) in [7, 11) is -9.92. The molecule has 3 unspecified atom stereocenters. The third kappa shape index (κ3) is 72.8. The Labute approximate surface area is 607 Å². The number of aliphatic hydroxyl groups excluding tert-OH is 1. The van der Waals surface area contributed by atoms with Crippen LogP contribution in [0.3, 0.4) is 0 Å². The number of ether oxygens (including phenoxy) is 4. The first-order valence-corrected chi connectivity index (χ1v) is 44.4. The Hall–Kier alpha value is -1.94. The molecule has 0 aliphatic rings. The summed E-state index contributed by atoms with van der Waals surface area (Å²) < 4.78 is 68.7. The molecule has 3 N–H and O–H groups in total. The molecular weight excluding hydrogens is 1290 g/mol. The second-order valence-corrected chi connectivity index (χ2v) is 32.9. The topological polar surface area (TPSA) is 237 Å². The van der Waals surface area contributed by atoms with Crippen molar-refractivity contribution >= 4 is 39.5 Å². The number of unbranched alkanes of at least 4 members (excludes halogenated alkanes) is 45. The molecule has 6 atom stereocenters. The lowest BCUT2D eigenvalue weighted by Crippen LogP contribution is -2.30. The van der Waals surface area contributed by atoms with Gasteiger partial charge in [0.1, 0.15) is 19.3 Å². The molecule has 0 aromatic rings. The summed E-state index contributed by atoms with van der Waals surface area (Å²) >= 11 is 0. The highest BCUT2D eigenvalue weighted by Gasteiger charge is 2.30. The number of hydrogen-bond acceptors (Lipinski definition) is 15. The Morgan fingerprint density at radius 2 is 0.515 bits per heavy atom. The molecule has 0 aromatic carbocycles. The molecule has 0 radical (unpaired) electrons. The number of rotatable bonds is 78. The van der Waals surface area contributed by atoms with E-state index in [-0.39, 0.29) is 25.7 Å². The summed E-state index contributed by atoms with van der Waals surface area (Å²) in [6.45, 7) is 11.9. The number of carbonyl (C=O) groups excluding carboxylic acids is 4. The van der Waals surface area contributed by atoms with Crippen molar-refractivity contribution < 1.29 is 80.2 Å². The summed E-state index contributed by atoms with van der Waals surface area (Å²) in [5.41, 5.74) is 0. The van der Waals surface area contributed by atoms with Crippen molar-refractivity contribution in [3.63, 3.8) is 0 Å². The van der Waals surface area contributed by atoms with Crippen molar-refractivity contribution in [2.75, 3.05) is 39.6 Å². The number of phosphoric acid groups is 2. The fourth-order valence-electron chi connectivity index (χ4n) is 12.3. The number of hydrogen-bond donors (Lipinski definition) is 3. The number of esters is 4. The van der Waals surface area contributed by atoms with E-state index in [2.05, 4.69) is 48.5 Å². The van der Waals surface area contributed by atoms with E-state index in [0.717, 1.165) is 114 Å². The van der Waals surface area contributed by atoms with Gasteiger partial charge in [0.25, 0.3) is 0 Å². The summed E-state index contributed by atoms with van der Waals surface area (Å²) in [6.07, 6.45) is 58.4. The van der Waals surface area contributed by atoms with Gasteiger partial charge in [0.05, 0.1) is 26.4 Å². The van der Waals surface area contributed by atoms with Crippen LogP contribution in [-0.4, -0.2) is 96.7 Å². The largest absolute Gasteiger partial charge is 0.472 e. The van der Waals surface area contributed by atoms with Crippen molar-refractivity contribution in [3.8, 4) is 0 Å². The first kappa shape index (κ1) is 97.1. The van der Waals surface area contributed by atoms with Crippen LogP contribution in [-0.2, 0) is 65.4 Å². The van der Waals surface area contributed by atoms with E-state index < -0.39 is 97.5 Å². The second kappa shape index (κ2) is 70.4. The van der Waals surface area contributed by atoms with Crippen molar-refractivity contribution in [2.45, 2.75) is 433 Å². The Bertz CT molecular complexity index is 1920. The van der Waals surface area contributed by atoms with Gasteiger partial charge in [0.2, 0.25) is 0 Å². The minimum absolute atomic E-state index is 0.105. The van der Waals surface area contributed by atoms with Crippen LogP contribution in [0, 0.1) is 17.8 Å². The van der Waals surface area contributed by atoms with E-state index in [4.69, 9.17) is 37.0 Å². The van der Waals surface area contributed by atoms with E-state index >= 15 is 0 Å². The molecule has 0 spiro atoms. The number of aliphatic hydroxyl groups is 1. The Balaban J connectivity index is 5.24. The fraction of sp³-hybridized carbons (Fsp3) is 0.950. The van der Waals surface area contributed by atoms with Crippen LogP contribution >= 0.6 is 15.6 Å². The quantitative estimate of drug-likeness (QED) is 0.0222. The normalized spacial score (nSPS) is 14.3. The van der Waals surface area contributed by atoms with Gasteiger partial charge in [-0.15, -0.1) is 0 Å².